The van der Waals surface area contributed by atoms with Gasteiger partial charge in [0.2, 0.25) is 11.6 Å². The number of hydrogen-bond acceptors (Lipinski definition) is 5. The molecule has 1 amide bonds. The molecule has 2 aromatic carbocycles. The van der Waals surface area contributed by atoms with Crippen LogP contribution >= 0.6 is 0 Å². The maximum Gasteiger partial charge on any atom is 0.241 e. The molecular formula is C28H31F2N7O. The molecule has 3 N–H and O–H groups in total. The zero-order chi connectivity index (χ0) is 26.8. The fraction of sp³-hybridized carbons (Fsp3) is 0.393. The lowest BCUT2D eigenvalue weighted by atomic mass is 9.86. The van der Waals surface area contributed by atoms with Crippen molar-refractivity contribution in [1.29, 1.82) is 0 Å². The number of hydrogen-bond donors (Lipinski definition) is 2. The Balaban J connectivity index is 1.47. The van der Waals surface area contributed by atoms with E-state index < -0.39 is 11.6 Å². The zero-order valence-corrected chi connectivity index (χ0v) is 21.3. The summed E-state index contributed by atoms with van der Waals surface area (Å²) in [7, 11) is 1.75. The molecule has 2 aliphatic rings. The Bertz CT molecular complexity index is 1380. The molecular weight excluding hydrogens is 488 g/mol. The first kappa shape index (κ1) is 25.7. The van der Waals surface area contributed by atoms with Gasteiger partial charge in [0.15, 0.2) is 5.82 Å². The minimum atomic E-state index is -0.647. The lowest BCUT2D eigenvalue weighted by Gasteiger charge is -2.33. The first-order valence-corrected chi connectivity index (χ1v) is 12.9. The molecule has 1 saturated heterocycles. The van der Waals surface area contributed by atoms with Crippen LogP contribution in [0.15, 0.2) is 42.5 Å². The highest BCUT2D eigenvalue weighted by Gasteiger charge is 2.24. The number of aromatic nitrogens is 2. The van der Waals surface area contributed by atoms with E-state index in [9.17, 15) is 9.18 Å². The first-order valence-electron chi connectivity index (χ1n) is 12.9. The Morgan fingerprint density at radius 3 is 2.68 bits per heavy atom. The highest BCUT2D eigenvalue weighted by Crippen LogP contribution is 2.32. The van der Waals surface area contributed by atoms with Gasteiger partial charge in [-0.1, -0.05) is 18.6 Å². The number of carbonyl (C=O) groups excluding carboxylic acids is 1. The third-order valence-electron chi connectivity index (χ3n) is 7.45. The fourth-order valence-corrected chi connectivity index (χ4v) is 5.22. The predicted molar refractivity (Wildman–Crippen MR) is 143 cm³/mol. The Hall–Kier alpha value is -3.97. The molecule has 1 aliphatic carbocycles. The number of benzene rings is 2. The fourth-order valence-electron chi connectivity index (χ4n) is 5.22. The van der Waals surface area contributed by atoms with Crippen molar-refractivity contribution in [3.05, 3.63) is 65.5 Å². The van der Waals surface area contributed by atoms with Crippen LogP contribution in [0, 0.1) is 24.1 Å². The molecule has 198 valence electrons. The summed E-state index contributed by atoms with van der Waals surface area (Å²) in [4.78, 5) is 18.8. The smallest absolute Gasteiger partial charge is 0.241 e. The van der Waals surface area contributed by atoms with Crippen molar-refractivity contribution in [2.24, 2.45) is 11.7 Å². The van der Waals surface area contributed by atoms with Crippen LogP contribution in [0.25, 0.3) is 21.8 Å². The molecule has 0 spiro atoms. The summed E-state index contributed by atoms with van der Waals surface area (Å²) in [5, 5.41) is 8.00. The number of rotatable bonds is 6. The van der Waals surface area contributed by atoms with Gasteiger partial charge < -0.3 is 20.9 Å². The number of nitrogens with two attached hydrogens (primary N) is 1. The minimum Gasteiger partial charge on any atom is -0.368 e. The van der Waals surface area contributed by atoms with E-state index in [1.165, 1.54) is 22.9 Å². The number of anilines is 2. The highest BCUT2D eigenvalue weighted by molar-refractivity contribution is 5.82. The summed E-state index contributed by atoms with van der Waals surface area (Å²) < 4.78 is 31.5. The van der Waals surface area contributed by atoms with Gasteiger partial charge in [0.25, 0.3) is 0 Å². The van der Waals surface area contributed by atoms with Crippen LogP contribution in [0.5, 0.6) is 0 Å². The van der Waals surface area contributed by atoms with Gasteiger partial charge in [-0.2, -0.15) is 0 Å². The molecule has 2 fully saturated rings. The van der Waals surface area contributed by atoms with Crippen molar-refractivity contribution in [2.45, 2.75) is 31.7 Å². The Kier molecular flexibility index (Phi) is 7.29. The molecule has 2 atom stereocenters. The number of likely N-dealkylation sites (N-methyl/N-ethyl adjacent to an activating group) is 1. The summed E-state index contributed by atoms with van der Waals surface area (Å²) in [6.07, 6.45) is 4.16. The van der Waals surface area contributed by atoms with Crippen molar-refractivity contribution in [3.63, 3.8) is 0 Å². The number of nitrogens with zero attached hydrogens (tertiary/aromatic N) is 5. The second kappa shape index (κ2) is 10.8. The second-order valence-corrected chi connectivity index (χ2v) is 10.2. The molecule has 0 radical (unpaired) electrons. The Labute approximate surface area is 220 Å². The SMILES string of the molecule is [C-]#[N+]c1ccc(-c2cc(NC[C@H]3CCC[C@H](N)C3)nn2-c2ccc(N3CCN(C)C(=O)C3)cc2F)cc1F. The van der Waals surface area contributed by atoms with Gasteiger partial charge in [-0.25, -0.2) is 18.3 Å². The van der Waals surface area contributed by atoms with Crippen LogP contribution < -0.4 is 16.0 Å². The Morgan fingerprint density at radius 2 is 1.97 bits per heavy atom. The van der Waals surface area contributed by atoms with Crippen LogP contribution in [-0.4, -0.2) is 59.9 Å². The van der Waals surface area contributed by atoms with Crippen molar-refractivity contribution in [1.82, 2.24) is 14.7 Å². The Morgan fingerprint density at radius 1 is 1.13 bits per heavy atom. The number of carbonyl (C=O) groups is 1. The minimum absolute atomic E-state index is 0.0189. The van der Waals surface area contributed by atoms with E-state index in [1.54, 1.807) is 36.2 Å². The third kappa shape index (κ3) is 5.34. The lowest BCUT2D eigenvalue weighted by Crippen LogP contribution is -2.48. The summed E-state index contributed by atoms with van der Waals surface area (Å²) in [5.41, 5.74) is 7.84. The number of piperazine rings is 1. The lowest BCUT2D eigenvalue weighted by molar-refractivity contribution is -0.129. The maximum atomic E-state index is 15.6. The molecule has 3 aromatic rings. The zero-order valence-electron chi connectivity index (χ0n) is 21.3. The van der Waals surface area contributed by atoms with Gasteiger partial charge in [0, 0.05) is 50.0 Å². The van der Waals surface area contributed by atoms with Crippen molar-refractivity contribution < 1.29 is 13.6 Å². The van der Waals surface area contributed by atoms with Gasteiger partial charge in [-0.3, -0.25) is 4.79 Å². The number of nitrogens with one attached hydrogen (secondary N) is 1. The number of halogens is 2. The summed E-state index contributed by atoms with van der Waals surface area (Å²) in [6.45, 7) is 9.19. The second-order valence-electron chi connectivity index (χ2n) is 10.2. The van der Waals surface area contributed by atoms with Crippen LogP contribution in [-0.2, 0) is 4.79 Å². The van der Waals surface area contributed by atoms with Crippen LogP contribution in [0.4, 0.5) is 26.0 Å². The standard InChI is InChI=1S/C28H31F2N7O/c1-32-24-8-6-19(13-22(24)29)26-15-27(33-16-18-4-3-5-20(31)12-18)34-37(26)25-9-7-21(14-23(25)30)36-11-10-35(2)28(38)17-36/h6-9,13-15,18,20H,3-5,10-12,16-17,31H2,2H3,(H,33,34)/t18-,20-/m0/s1. The molecule has 8 nitrogen and oxygen atoms in total. The van der Waals surface area contributed by atoms with Gasteiger partial charge in [-0.05, 0) is 49.4 Å². The molecule has 0 unspecified atom stereocenters. The van der Waals surface area contributed by atoms with Gasteiger partial charge in [0.05, 0.1) is 18.8 Å². The van der Waals surface area contributed by atoms with Crippen LogP contribution in [0.2, 0.25) is 0 Å². The van der Waals surface area contributed by atoms with Crippen LogP contribution in [0.3, 0.4) is 0 Å². The molecule has 1 aliphatic heterocycles. The summed E-state index contributed by atoms with van der Waals surface area (Å²) in [5.74, 6) is -0.213. The monoisotopic (exact) mass is 519 g/mol. The first-order chi connectivity index (χ1) is 18.3. The largest absolute Gasteiger partial charge is 0.368 e. The highest BCUT2D eigenvalue weighted by atomic mass is 19.1. The van der Waals surface area contributed by atoms with Gasteiger partial charge >= 0.3 is 0 Å². The summed E-state index contributed by atoms with van der Waals surface area (Å²) >= 11 is 0. The summed E-state index contributed by atoms with van der Waals surface area (Å²) in [6, 6.07) is 11.1. The van der Waals surface area contributed by atoms with Crippen molar-refractivity contribution >= 4 is 23.1 Å². The van der Waals surface area contributed by atoms with E-state index in [4.69, 9.17) is 12.3 Å². The van der Waals surface area contributed by atoms with Crippen LogP contribution in [0.1, 0.15) is 25.7 Å². The van der Waals surface area contributed by atoms with Gasteiger partial charge in [-0.15, -0.1) is 5.10 Å². The quantitative estimate of drug-likeness (QED) is 0.466. The van der Waals surface area contributed by atoms with E-state index in [1.807, 2.05) is 4.90 Å². The molecule has 1 saturated carbocycles. The average Bonchev–Trinajstić information content (AvgIpc) is 3.33. The van der Waals surface area contributed by atoms with E-state index in [-0.39, 0.29) is 29.9 Å². The maximum absolute atomic E-state index is 15.6. The topological polar surface area (TPSA) is 83.8 Å². The molecule has 0 bridgehead atoms. The van der Waals surface area contributed by atoms with E-state index in [2.05, 4.69) is 15.3 Å². The molecule has 38 heavy (non-hydrogen) atoms. The molecule has 1 aromatic heterocycles. The van der Waals surface area contributed by atoms with Gasteiger partial charge in [0.1, 0.15) is 17.3 Å². The predicted octanol–water partition coefficient (Wildman–Crippen LogP) is 4.58. The molecule has 10 heteroatoms. The molecule has 5 rings (SSSR count). The number of amides is 1. The van der Waals surface area contributed by atoms with E-state index in [0.717, 1.165) is 25.7 Å². The molecule has 2 heterocycles. The average molecular weight is 520 g/mol. The van der Waals surface area contributed by atoms with E-state index >= 15 is 4.39 Å². The normalized spacial score (nSPS) is 19.9. The van der Waals surface area contributed by atoms with E-state index in [0.29, 0.717) is 48.3 Å². The van der Waals surface area contributed by atoms with Crippen molar-refractivity contribution in [3.8, 4) is 16.9 Å². The third-order valence-corrected chi connectivity index (χ3v) is 7.45. The van der Waals surface area contributed by atoms with Crippen molar-refractivity contribution in [2.75, 3.05) is 43.4 Å².